The predicted octanol–water partition coefficient (Wildman–Crippen LogP) is 3.40. The van der Waals surface area contributed by atoms with E-state index >= 15 is 4.39 Å². The summed E-state index contributed by atoms with van der Waals surface area (Å²) in [4.78, 5) is 0. The smallest absolute Gasteiger partial charge is 0.190 e. The fraction of sp³-hybridized carbons (Fsp3) is 0.357. The molecule has 3 nitrogen and oxygen atoms in total. The SMILES string of the molecule is CC(C)n1ncc(Br)c1C(F)(CN)c1ccccc1. The molecule has 5 heteroatoms. The van der Waals surface area contributed by atoms with Gasteiger partial charge in [0.05, 0.1) is 16.4 Å². The van der Waals surface area contributed by atoms with Crippen LogP contribution in [0.15, 0.2) is 41.0 Å². The van der Waals surface area contributed by atoms with Gasteiger partial charge in [0.25, 0.3) is 0 Å². The van der Waals surface area contributed by atoms with Crippen molar-refractivity contribution in [1.29, 1.82) is 0 Å². The highest BCUT2D eigenvalue weighted by atomic mass is 79.9. The van der Waals surface area contributed by atoms with E-state index in [9.17, 15) is 0 Å². The van der Waals surface area contributed by atoms with Gasteiger partial charge in [-0.1, -0.05) is 30.3 Å². The molecular weight excluding hydrogens is 309 g/mol. The van der Waals surface area contributed by atoms with Crippen LogP contribution in [0, 0.1) is 0 Å². The zero-order chi connectivity index (χ0) is 14.0. The van der Waals surface area contributed by atoms with Crippen molar-refractivity contribution in [2.45, 2.75) is 25.6 Å². The Hall–Kier alpha value is -1.20. The van der Waals surface area contributed by atoms with Crippen molar-refractivity contribution < 1.29 is 4.39 Å². The second-order valence-electron chi connectivity index (χ2n) is 4.75. The Morgan fingerprint density at radius 3 is 2.53 bits per heavy atom. The van der Waals surface area contributed by atoms with Crippen LogP contribution in [0.25, 0.3) is 0 Å². The zero-order valence-electron chi connectivity index (χ0n) is 11.0. The first-order valence-electron chi connectivity index (χ1n) is 6.18. The Labute approximate surface area is 120 Å². The first-order valence-corrected chi connectivity index (χ1v) is 6.98. The van der Waals surface area contributed by atoms with Gasteiger partial charge < -0.3 is 5.73 Å². The van der Waals surface area contributed by atoms with E-state index in [4.69, 9.17) is 5.73 Å². The lowest BCUT2D eigenvalue weighted by atomic mass is 9.92. The summed E-state index contributed by atoms with van der Waals surface area (Å²) in [5.41, 5.74) is 4.99. The van der Waals surface area contributed by atoms with Crippen molar-refractivity contribution in [3.8, 4) is 0 Å². The maximum Gasteiger partial charge on any atom is 0.190 e. The zero-order valence-corrected chi connectivity index (χ0v) is 12.6. The van der Waals surface area contributed by atoms with Crippen molar-refractivity contribution >= 4 is 15.9 Å². The third-order valence-corrected chi connectivity index (χ3v) is 3.71. The molecule has 0 fully saturated rings. The predicted molar refractivity (Wildman–Crippen MR) is 77.7 cm³/mol. The number of nitrogens with zero attached hydrogens (tertiary/aromatic N) is 2. The van der Waals surface area contributed by atoms with E-state index < -0.39 is 5.67 Å². The molecule has 0 spiro atoms. The molecule has 1 atom stereocenters. The monoisotopic (exact) mass is 325 g/mol. The minimum Gasteiger partial charge on any atom is -0.327 e. The van der Waals surface area contributed by atoms with Gasteiger partial charge in [-0.3, -0.25) is 4.68 Å². The lowest BCUT2D eigenvalue weighted by molar-refractivity contribution is 0.210. The number of benzene rings is 1. The molecule has 1 heterocycles. The highest BCUT2D eigenvalue weighted by Crippen LogP contribution is 2.38. The first-order chi connectivity index (χ1) is 9.00. The number of hydrogen-bond donors (Lipinski definition) is 1. The largest absolute Gasteiger partial charge is 0.327 e. The third-order valence-electron chi connectivity index (χ3n) is 3.13. The number of alkyl halides is 1. The van der Waals surface area contributed by atoms with Crippen LogP contribution < -0.4 is 5.73 Å². The maximum atomic E-state index is 15.5. The molecule has 0 radical (unpaired) electrons. The fourth-order valence-corrected chi connectivity index (χ4v) is 2.74. The van der Waals surface area contributed by atoms with Crippen molar-refractivity contribution in [2.24, 2.45) is 5.73 Å². The fourth-order valence-electron chi connectivity index (χ4n) is 2.16. The number of halogens is 2. The van der Waals surface area contributed by atoms with Crippen LogP contribution in [-0.4, -0.2) is 16.3 Å². The second kappa shape index (κ2) is 5.43. The van der Waals surface area contributed by atoms with Gasteiger partial charge in [0, 0.05) is 12.6 Å². The Balaban J connectivity index is 2.63. The highest BCUT2D eigenvalue weighted by molar-refractivity contribution is 9.10. The minimum atomic E-state index is -1.75. The van der Waals surface area contributed by atoms with Gasteiger partial charge in [0.1, 0.15) is 0 Å². The van der Waals surface area contributed by atoms with Gasteiger partial charge >= 0.3 is 0 Å². The van der Waals surface area contributed by atoms with Gasteiger partial charge in [-0.15, -0.1) is 0 Å². The van der Waals surface area contributed by atoms with Crippen LogP contribution in [0.4, 0.5) is 4.39 Å². The lowest BCUT2D eigenvalue weighted by Crippen LogP contribution is -2.35. The Kier molecular flexibility index (Phi) is 4.06. The average molecular weight is 326 g/mol. The van der Waals surface area contributed by atoms with Gasteiger partial charge in [0.15, 0.2) is 5.67 Å². The van der Waals surface area contributed by atoms with Crippen LogP contribution in [0.2, 0.25) is 0 Å². The van der Waals surface area contributed by atoms with E-state index in [2.05, 4.69) is 21.0 Å². The summed E-state index contributed by atoms with van der Waals surface area (Å²) in [6.07, 6.45) is 1.61. The van der Waals surface area contributed by atoms with E-state index in [1.54, 1.807) is 23.0 Å². The lowest BCUT2D eigenvalue weighted by Gasteiger charge is -2.27. The molecule has 0 aliphatic carbocycles. The summed E-state index contributed by atoms with van der Waals surface area (Å²) in [7, 11) is 0. The van der Waals surface area contributed by atoms with Gasteiger partial charge in [0.2, 0.25) is 0 Å². The van der Waals surface area contributed by atoms with Crippen molar-refractivity contribution in [2.75, 3.05) is 6.54 Å². The summed E-state index contributed by atoms with van der Waals surface area (Å²) in [5, 5.41) is 4.23. The molecule has 0 amide bonds. The summed E-state index contributed by atoms with van der Waals surface area (Å²) in [6.45, 7) is 3.80. The molecule has 0 bridgehead atoms. The molecular formula is C14H17BrFN3. The molecule has 0 saturated carbocycles. The normalized spacial score (nSPS) is 14.6. The van der Waals surface area contributed by atoms with Crippen LogP contribution in [0.3, 0.4) is 0 Å². The summed E-state index contributed by atoms with van der Waals surface area (Å²) in [5.74, 6) is 0. The van der Waals surface area contributed by atoms with E-state index in [0.29, 0.717) is 15.7 Å². The number of hydrogen-bond acceptors (Lipinski definition) is 2. The molecule has 19 heavy (non-hydrogen) atoms. The highest BCUT2D eigenvalue weighted by Gasteiger charge is 2.38. The third kappa shape index (κ3) is 2.44. The summed E-state index contributed by atoms with van der Waals surface area (Å²) >= 11 is 3.38. The van der Waals surface area contributed by atoms with Crippen LogP contribution in [0.1, 0.15) is 31.1 Å². The van der Waals surface area contributed by atoms with Gasteiger partial charge in [-0.2, -0.15) is 5.10 Å². The summed E-state index contributed by atoms with van der Waals surface area (Å²) < 4.78 is 17.8. The number of rotatable bonds is 4. The summed E-state index contributed by atoms with van der Waals surface area (Å²) in [6, 6.07) is 9.03. The first kappa shape index (κ1) is 14.2. The van der Waals surface area contributed by atoms with Gasteiger partial charge in [-0.25, -0.2) is 4.39 Å². The standard InChI is InChI=1S/C14H17BrFN3/c1-10(2)19-13(12(15)8-18-19)14(16,9-17)11-6-4-3-5-7-11/h3-8,10H,9,17H2,1-2H3. The Morgan fingerprint density at radius 1 is 1.37 bits per heavy atom. The van der Waals surface area contributed by atoms with Gasteiger partial charge in [-0.05, 0) is 35.3 Å². The van der Waals surface area contributed by atoms with Crippen LogP contribution in [-0.2, 0) is 5.67 Å². The molecule has 0 saturated heterocycles. The number of aromatic nitrogens is 2. The molecule has 1 unspecified atom stereocenters. The average Bonchev–Trinajstić information content (AvgIpc) is 2.81. The van der Waals surface area contributed by atoms with Crippen molar-refractivity contribution in [3.05, 3.63) is 52.3 Å². The quantitative estimate of drug-likeness (QED) is 0.936. The topological polar surface area (TPSA) is 43.8 Å². The molecule has 0 aliphatic rings. The molecule has 2 N–H and O–H groups in total. The van der Waals surface area contributed by atoms with Crippen molar-refractivity contribution in [3.63, 3.8) is 0 Å². The molecule has 102 valence electrons. The van der Waals surface area contributed by atoms with E-state index in [0.717, 1.165) is 0 Å². The van der Waals surface area contributed by atoms with Crippen molar-refractivity contribution in [1.82, 2.24) is 9.78 Å². The number of nitrogens with two attached hydrogens (primary N) is 1. The molecule has 2 rings (SSSR count). The molecule has 1 aromatic carbocycles. The minimum absolute atomic E-state index is 0.0617. The molecule has 0 aliphatic heterocycles. The second-order valence-corrected chi connectivity index (χ2v) is 5.61. The molecule has 1 aromatic heterocycles. The van der Waals surface area contributed by atoms with Crippen LogP contribution in [0.5, 0.6) is 0 Å². The maximum absolute atomic E-state index is 15.5. The Bertz CT molecular complexity index is 553. The molecule has 2 aromatic rings. The van der Waals surface area contributed by atoms with E-state index in [-0.39, 0.29) is 12.6 Å². The van der Waals surface area contributed by atoms with E-state index in [1.165, 1.54) is 0 Å². The Morgan fingerprint density at radius 2 is 2.00 bits per heavy atom. The van der Waals surface area contributed by atoms with E-state index in [1.807, 2.05) is 32.0 Å². The van der Waals surface area contributed by atoms with Crippen LogP contribution >= 0.6 is 15.9 Å².